The molecule has 0 spiro atoms. The lowest BCUT2D eigenvalue weighted by atomic mass is 9.97. The smallest absolute Gasteiger partial charge is 0.407 e. The number of piperidine rings is 1. The van der Waals surface area contributed by atoms with Gasteiger partial charge in [-0.2, -0.15) is 0 Å². The van der Waals surface area contributed by atoms with Gasteiger partial charge in [-0.25, -0.2) is 4.79 Å². The van der Waals surface area contributed by atoms with Crippen molar-refractivity contribution < 1.29 is 9.53 Å². The second kappa shape index (κ2) is 10.4. The first-order valence-corrected chi connectivity index (χ1v) is 8.97. The second-order valence-electron chi connectivity index (χ2n) is 7.32. The third-order valence-electron chi connectivity index (χ3n) is 3.78. The summed E-state index contributed by atoms with van der Waals surface area (Å²) in [6, 6.07) is 0. The Morgan fingerprint density at radius 3 is 2.38 bits per heavy atom. The summed E-state index contributed by atoms with van der Waals surface area (Å²) in [5.74, 6) is 1.47. The predicted molar refractivity (Wildman–Crippen MR) is 98.4 cm³/mol. The number of alkyl carbamates (subject to hydrolysis) is 1. The van der Waals surface area contributed by atoms with E-state index in [1.807, 2.05) is 27.7 Å². The molecule has 0 saturated carbocycles. The molecular weight excluding hydrogens is 306 g/mol. The Morgan fingerprint density at radius 2 is 1.79 bits per heavy atom. The molecule has 1 fully saturated rings. The largest absolute Gasteiger partial charge is 0.444 e. The summed E-state index contributed by atoms with van der Waals surface area (Å²) in [7, 11) is 2.17. The topological polar surface area (TPSA) is 78.0 Å². The zero-order valence-electron chi connectivity index (χ0n) is 15.9. The summed E-state index contributed by atoms with van der Waals surface area (Å²) in [6.45, 7) is 12.7. The summed E-state index contributed by atoms with van der Waals surface area (Å²) >= 11 is 0. The molecular formula is C17H35N5O2. The van der Waals surface area contributed by atoms with Crippen molar-refractivity contribution in [3.63, 3.8) is 0 Å². The summed E-state index contributed by atoms with van der Waals surface area (Å²) in [5.41, 5.74) is -0.470. The zero-order chi connectivity index (χ0) is 18.0. The fraction of sp³-hybridized carbons (Fsp3) is 0.882. The van der Waals surface area contributed by atoms with Crippen molar-refractivity contribution in [2.24, 2.45) is 10.9 Å². The molecule has 0 radical (unpaired) electrons. The molecule has 1 aliphatic rings. The molecule has 0 atom stereocenters. The highest BCUT2D eigenvalue weighted by atomic mass is 16.6. The van der Waals surface area contributed by atoms with Gasteiger partial charge in [0.15, 0.2) is 5.96 Å². The first kappa shape index (κ1) is 20.5. The second-order valence-corrected chi connectivity index (χ2v) is 7.32. The van der Waals surface area contributed by atoms with Gasteiger partial charge in [0, 0.05) is 26.2 Å². The van der Waals surface area contributed by atoms with Crippen molar-refractivity contribution >= 4 is 12.1 Å². The average Bonchev–Trinajstić information content (AvgIpc) is 2.49. The van der Waals surface area contributed by atoms with Gasteiger partial charge in [0.05, 0.1) is 0 Å². The average molecular weight is 342 g/mol. The van der Waals surface area contributed by atoms with E-state index in [1.54, 1.807) is 0 Å². The van der Waals surface area contributed by atoms with Crippen molar-refractivity contribution in [3.05, 3.63) is 0 Å². The number of aliphatic imine (C=N–C) groups is 1. The molecule has 1 amide bonds. The number of nitrogens with zero attached hydrogens (tertiary/aromatic N) is 2. The minimum absolute atomic E-state index is 0.391. The maximum atomic E-state index is 11.6. The molecule has 0 aromatic heterocycles. The molecule has 0 aromatic rings. The van der Waals surface area contributed by atoms with Crippen LogP contribution in [0.2, 0.25) is 0 Å². The van der Waals surface area contributed by atoms with Crippen LogP contribution in [0.25, 0.3) is 0 Å². The molecule has 1 aliphatic heterocycles. The van der Waals surface area contributed by atoms with Crippen molar-refractivity contribution in [3.8, 4) is 0 Å². The van der Waals surface area contributed by atoms with Gasteiger partial charge < -0.3 is 25.6 Å². The number of carbonyl (C=O) groups is 1. The van der Waals surface area contributed by atoms with Gasteiger partial charge in [0.2, 0.25) is 0 Å². The third kappa shape index (κ3) is 9.60. The number of ether oxygens (including phenoxy) is 1. The first-order chi connectivity index (χ1) is 11.3. The molecule has 1 rings (SSSR count). The molecule has 0 aromatic carbocycles. The Morgan fingerprint density at radius 1 is 1.17 bits per heavy atom. The number of amides is 1. The van der Waals surface area contributed by atoms with Crippen LogP contribution in [-0.4, -0.2) is 68.9 Å². The van der Waals surface area contributed by atoms with Gasteiger partial charge in [-0.1, -0.05) is 0 Å². The Balaban J connectivity index is 2.27. The van der Waals surface area contributed by atoms with Gasteiger partial charge in [0.1, 0.15) is 5.60 Å². The van der Waals surface area contributed by atoms with E-state index in [9.17, 15) is 4.79 Å². The molecule has 140 valence electrons. The van der Waals surface area contributed by atoms with E-state index < -0.39 is 11.7 Å². The predicted octanol–water partition coefficient (Wildman–Crippen LogP) is 1.41. The number of likely N-dealkylation sites (tertiary alicyclic amines) is 1. The highest BCUT2D eigenvalue weighted by Crippen LogP contribution is 2.15. The Bertz CT molecular complexity index is 398. The lowest BCUT2D eigenvalue weighted by Crippen LogP contribution is -2.42. The molecule has 0 bridgehead atoms. The molecule has 1 saturated heterocycles. The Labute approximate surface area is 146 Å². The summed E-state index contributed by atoms with van der Waals surface area (Å²) in [6.07, 6.45) is 2.02. The standard InChI is InChI=1S/C17H35N5O2/c1-6-18-15(21-13-14-7-11-22(5)12-8-14)19-9-10-20-16(23)24-17(2,3)4/h14H,6-13H2,1-5H3,(H,20,23)(H2,18,19,21). The molecule has 0 aliphatic carbocycles. The number of rotatable bonds is 6. The molecule has 7 heteroatoms. The van der Waals surface area contributed by atoms with E-state index in [2.05, 4.69) is 32.9 Å². The van der Waals surface area contributed by atoms with E-state index in [4.69, 9.17) is 4.74 Å². The highest BCUT2D eigenvalue weighted by Gasteiger charge is 2.17. The monoisotopic (exact) mass is 341 g/mol. The summed E-state index contributed by atoms with van der Waals surface area (Å²) < 4.78 is 5.20. The molecule has 24 heavy (non-hydrogen) atoms. The van der Waals surface area contributed by atoms with Gasteiger partial charge in [-0.3, -0.25) is 4.99 Å². The zero-order valence-corrected chi connectivity index (χ0v) is 15.9. The quantitative estimate of drug-likeness (QED) is 0.387. The molecule has 7 nitrogen and oxygen atoms in total. The van der Waals surface area contributed by atoms with Crippen LogP contribution in [0.3, 0.4) is 0 Å². The van der Waals surface area contributed by atoms with E-state index in [-0.39, 0.29) is 0 Å². The van der Waals surface area contributed by atoms with Gasteiger partial charge in [0.25, 0.3) is 0 Å². The van der Waals surface area contributed by atoms with Crippen molar-refractivity contribution in [1.29, 1.82) is 0 Å². The minimum atomic E-state index is -0.470. The highest BCUT2D eigenvalue weighted by molar-refractivity contribution is 5.79. The SMILES string of the molecule is CCNC(=NCC1CCN(C)CC1)NCCNC(=O)OC(C)(C)C. The van der Waals surface area contributed by atoms with E-state index in [1.165, 1.54) is 12.8 Å². The van der Waals surface area contributed by atoms with E-state index >= 15 is 0 Å². The van der Waals surface area contributed by atoms with Crippen LogP contribution in [0.4, 0.5) is 4.79 Å². The van der Waals surface area contributed by atoms with Crippen LogP contribution in [0, 0.1) is 5.92 Å². The number of hydrogen-bond acceptors (Lipinski definition) is 4. The summed E-state index contributed by atoms with van der Waals surface area (Å²) in [5, 5.41) is 9.22. The van der Waals surface area contributed by atoms with E-state index in [0.717, 1.165) is 32.1 Å². The maximum absolute atomic E-state index is 11.6. The lowest BCUT2D eigenvalue weighted by molar-refractivity contribution is 0.0529. The van der Waals surface area contributed by atoms with Crippen LogP contribution < -0.4 is 16.0 Å². The van der Waals surface area contributed by atoms with Gasteiger partial charge in [-0.15, -0.1) is 0 Å². The fourth-order valence-electron chi connectivity index (χ4n) is 2.47. The van der Waals surface area contributed by atoms with Crippen LogP contribution in [0.1, 0.15) is 40.5 Å². The Hall–Kier alpha value is -1.50. The van der Waals surface area contributed by atoms with Crippen molar-refractivity contribution in [2.45, 2.75) is 46.1 Å². The maximum Gasteiger partial charge on any atom is 0.407 e. The van der Waals surface area contributed by atoms with Crippen LogP contribution >= 0.6 is 0 Å². The molecule has 0 unspecified atom stereocenters. The molecule has 3 N–H and O–H groups in total. The number of nitrogens with one attached hydrogen (secondary N) is 3. The van der Waals surface area contributed by atoms with Gasteiger partial charge in [-0.05, 0) is 66.6 Å². The molecule has 1 heterocycles. The van der Waals surface area contributed by atoms with Gasteiger partial charge >= 0.3 is 6.09 Å². The number of guanidine groups is 1. The van der Waals surface area contributed by atoms with Crippen LogP contribution in [-0.2, 0) is 4.74 Å². The lowest BCUT2D eigenvalue weighted by Gasteiger charge is -2.28. The first-order valence-electron chi connectivity index (χ1n) is 8.97. The minimum Gasteiger partial charge on any atom is -0.444 e. The summed E-state index contributed by atoms with van der Waals surface area (Å²) in [4.78, 5) is 18.6. The van der Waals surface area contributed by atoms with Crippen LogP contribution in [0.15, 0.2) is 4.99 Å². The number of carbonyl (C=O) groups excluding carboxylic acids is 1. The van der Waals surface area contributed by atoms with E-state index in [0.29, 0.717) is 19.0 Å². The van der Waals surface area contributed by atoms with Crippen molar-refractivity contribution in [2.75, 3.05) is 46.3 Å². The Kier molecular flexibility index (Phi) is 8.89. The van der Waals surface area contributed by atoms with Crippen LogP contribution in [0.5, 0.6) is 0 Å². The fourth-order valence-corrected chi connectivity index (χ4v) is 2.47. The van der Waals surface area contributed by atoms with Crippen molar-refractivity contribution in [1.82, 2.24) is 20.9 Å². The third-order valence-corrected chi connectivity index (χ3v) is 3.78. The number of hydrogen-bond donors (Lipinski definition) is 3. The normalized spacial score (nSPS) is 17.5.